The Hall–Kier alpha value is -5.44. The minimum absolute atomic E-state index is 0.448. The highest BCUT2D eigenvalue weighted by molar-refractivity contribution is 5.77. The summed E-state index contributed by atoms with van der Waals surface area (Å²) in [7, 11) is 0. The third-order valence-electron chi connectivity index (χ3n) is 15.8. The van der Waals surface area contributed by atoms with Crippen LogP contribution in [0.5, 0.6) is 34.5 Å². The predicted molar refractivity (Wildman–Crippen MR) is 362 cm³/mol. The molecule has 0 aliphatic rings. The molecule has 9 heteroatoms. The highest BCUT2D eigenvalue weighted by Crippen LogP contribution is 2.43. The van der Waals surface area contributed by atoms with Gasteiger partial charge in [-0.05, 0) is 98.2 Å². The zero-order chi connectivity index (χ0) is 60.5. The molecule has 0 aromatic heterocycles. The van der Waals surface area contributed by atoms with E-state index in [1.807, 2.05) is 54.6 Å². The molecule has 0 atom stereocenters. The second-order valence-electron chi connectivity index (χ2n) is 23.5. The largest absolute Gasteiger partial charge is 0.594 e. The highest BCUT2D eigenvalue weighted by Gasteiger charge is 2.20. The standard InChI is InChI=1S/C76H118N2O7/c1-7-13-19-25-31-37-59-80-71-57-51-67(73(82-61-39-33-27-21-15-9-3)75(71)84-63-41-35-29-23-17-11-5)49-43-65-45-53-69(54-46-65)77-78(79)70-55-47-66(48-56-70)44-50-68-52-58-72(81-60-38-32-26-20-14-8-2)76(85-64-42-36-30-24-18-12-6)74(68)83-62-40-34-28-22-16-10-4/h43-58H,7-42,59-64H2,1-6H3/b49-43+,50-44+,78-77?. The van der Waals surface area contributed by atoms with Crippen molar-refractivity contribution in [2.24, 2.45) is 5.11 Å². The van der Waals surface area contributed by atoms with E-state index in [1.54, 1.807) is 0 Å². The first-order chi connectivity index (χ1) is 42.0. The number of hydrogen-bond donors (Lipinski definition) is 0. The minimum atomic E-state index is 0.448. The Morgan fingerprint density at radius 1 is 0.294 bits per heavy atom. The first-order valence-electron chi connectivity index (χ1n) is 34.8. The molecule has 0 saturated carbocycles. The Bertz CT molecular complexity index is 2360. The Labute approximate surface area is 518 Å². The summed E-state index contributed by atoms with van der Waals surface area (Å²) in [5.74, 6) is 4.43. The van der Waals surface area contributed by atoms with Crippen LogP contribution >= 0.6 is 0 Å². The van der Waals surface area contributed by atoms with Gasteiger partial charge in [0.25, 0.3) is 0 Å². The second kappa shape index (κ2) is 48.6. The molecule has 0 unspecified atom stereocenters. The first-order valence-corrected chi connectivity index (χ1v) is 34.8. The van der Waals surface area contributed by atoms with Crippen molar-refractivity contribution < 1.29 is 33.3 Å². The summed E-state index contributed by atoms with van der Waals surface area (Å²) in [4.78, 5) is 0.695. The van der Waals surface area contributed by atoms with Crippen molar-refractivity contribution in [3.05, 3.63) is 100 Å². The van der Waals surface area contributed by atoms with Crippen LogP contribution in [0.4, 0.5) is 11.4 Å². The SMILES string of the molecule is CCCCCCCCOc1ccc(/C=C/c2ccc(N=[N+]([O-])c3ccc(/C=C/c4ccc(OCCCCCCCC)c(OCCCCCCCC)c4OCCCCCCCC)cc3)cc2)c(OCCCCCCCC)c1OCCCCCCCC. The van der Waals surface area contributed by atoms with Crippen molar-refractivity contribution in [2.75, 3.05) is 39.6 Å². The quantitative estimate of drug-likeness (QED) is 0.0143. The van der Waals surface area contributed by atoms with Crippen LogP contribution in [0.15, 0.2) is 77.9 Å². The number of unbranched alkanes of at least 4 members (excludes halogenated alkanes) is 30. The molecular formula is C76H118N2O7. The predicted octanol–water partition coefficient (Wildman–Crippen LogP) is 24.4. The topological polar surface area (TPSA) is 93.8 Å². The van der Waals surface area contributed by atoms with Gasteiger partial charge in [-0.1, -0.05) is 275 Å². The number of nitrogens with zero attached hydrogens (tertiary/aromatic N) is 2. The van der Waals surface area contributed by atoms with Gasteiger partial charge in [-0.2, -0.15) is 0 Å². The summed E-state index contributed by atoms with van der Waals surface area (Å²) in [5.41, 5.74) is 4.84. The van der Waals surface area contributed by atoms with Crippen molar-refractivity contribution in [1.29, 1.82) is 0 Å². The third-order valence-corrected chi connectivity index (χ3v) is 15.8. The molecule has 4 aromatic carbocycles. The lowest BCUT2D eigenvalue weighted by Gasteiger charge is -2.19. The fourth-order valence-corrected chi connectivity index (χ4v) is 10.4. The molecule has 0 heterocycles. The number of benzene rings is 4. The maximum absolute atomic E-state index is 13.5. The van der Waals surface area contributed by atoms with E-state index < -0.39 is 0 Å². The molecule has 0 amide bonds. The van der Waals surface area contributed by atoms with Crippen LogP contribution < -0.4 is 28.4 Å². The summed E-state index contributed by atoms with van der Waals surface area (Å²) in [6.45, 7) is 17.4. The Kier molecular flexibility index (Phi) is 41.2. The molecule has 0 fully saturated rings. The number of rotatable bonds is 54. The summed E-state index contributed by atoms with van der Waals surface area (Å²) >= 11 is 0. The molecule has 4 aromatic rings. The second-order valence-corrected chi connectivity index (χ2v) is 23.5. The lowest BCUT2D eigenvalue weighted by molar-refractivity contribution is -0.435. The minimum Gasteiger partial charge on any atom is -0.594 e. The smallest absolute Gasteiger partial charge is 0.244 e. The molecule has 0 bridgehead atoms. The fourth-order valence-electron chi connectivity index (χ4n) is 10.4. The molecule has 0 saturated heterocycles. The van der Waals surface area contributed by atoms with Gasteiger partial charge in [-0.15, -0.1) is 0 Å². The van der Waals surface area contributed by atoms with Crippen molar-refractivity contribution >= 4 is 35.7 Å². The van der Waals surface area contributed by atoms with E-state index in [2.05, 4.69) is 89.2 Å². The lowest BCUT2D eigenvalue weighted by Crippen LogP contribution is -2.07. The van der Waals surface area contributed by atoms with Crippen molar-refractivity contribution in [2.45, 2.75) is 273 Å². The molecule has 0 aliphatic carbocycles. The van der Waals surface area contributed by atoms with Gasteiger partial charge < -0.3 is 33.6 Å². The zero-order valence-corrected chi connectivity index (χ0v) is 54.7. The fraction of sp³-hybridized carbons (Fsp3) is 0.632. The maximum Gasteiger partial charge on any atom is 0.244 e. The Morgan fingerprint density at radius 3 is 0.882 bits per heavy atom. The van der Waals surface area contributed by atoms with E-state index in [0.29, 0.717) is 67.4 Å². The van der Waals surface area contributed by atoms with Crippen molar-refractivity contribution in [1.82, 2.24) is 0 Å². The lowest BCUT2D eigenvalue weighted by atomic mass is 10.1. The molecule has 474 valence electrons. The third kappa shape index (κ3) is 31.7. The van der Waals surface area contributed by atoms with E-state index in [0.717, 1.165) is 109 Å². The van der Waals surface area contributed by atoms with Crippen LogP contribution in [0.3, 0.4) is 0 Å². The van der Waals surface area contributed by atoms with E-state index >= 15 is 0 Å². The summed E-state index contributed by atoms with van der Waals surface area (Å²) < 4.78 is 39.7. The van der Waals surface area contributed by atoms with Gasteiger partial charge in [0.1, 0.15) is 5.69 Å². The summed E-state index contributed by atoms with van der Waals surface area (Å²) in [5, 5.41) is 18.0. The van der Waals surface area contributed by atoms with Gasteiger partial charge >= 0.3 is 0 Å². The average Bonchev–Trinajstić information content (AvgIpc) is 3.71. The highest BCUT2D eigenvalue weighted by atomic mass is 16.5. The van der Waals surface area contributed by atoms with Gasteiger partial charge in [0.15, 0.2) is 23.0 Å². The molecule has 9 nitrogen and oxygen atoms in total. The van der Waals surface area contributed by atoms with Crippen molar-refractivity contribution in [3.63, 3.8) is 0 Å². The number of azo groups is 1. The normalized spacial score (nSPS) is 11.8. The van der Waals surface area contributed by atoms with Gasteiger partial charge in [0.2, 0.25) is 17.2 Å². The van der Waals surface area contributed by atoms with E-state index in [9.17, 15) is 5.21 Å². The molecular weight excluding hydrogens is 1050 g/mol. The van der Waals surface area contributed by atoms with E-state index in [1.165, 1.54) is 167 Å². The average molecular weight is 1170 g/mol. The Balaban J connectivity index is 1.52. The van der Waals surface area contributed by atoms with Gasteiger partial charge in [0.05, 0.1) is 39.6 Å². The monoisotopic (exact) mass is 1170 g/mol. The van der Waals surface area contributed by atoms with Gasteiger partial charge in [-0.25, -0.2) is 0 Å². The summed E-state index contributed by atoms with van der Waals surface area (Å²) in [6, 6.07) is 23.6. The summed E-state index contributed by atoms with van der Waals surface area (Å²) in [6.07, 6.45) is 51.5. The van der Waals surface area contributed by atoms with E-state index in [-0.39, 0.29) is 0 Å². The van der Waals surface area contributed by atoms with Crippen LogP contribution in [0.2, 0.25) is 0 Å². The van der Waals surface area contributed by atoms with Gasteiger partial charge in [-0.3, -0.25) is 0 Å². The first kappa shape index (κ1) is 72.0. The zero-order valence-electron chi connectivity index (χ0n) is 54.7. The molecule has 85 heavy (non-hydrogen) atoms. The Morgan fingerprint density at radius 2 is 0.565 bits per heavy atom. The van der Waals surface area contributed by atoms with Gasteiger partial charge in [0, 0.05) is 28.4 Å². The van der Waals surface area contributed by atoms with Crippen LogP contribution in [-0.4, -0.2) is 44.5 Å². The van der Waals surface area contributed by atoms with Crippen LogP contribution in [-0.2, 0) is 0 Å². The maximum atomic E-state index is 13.5. The van der Waals surface area contributed by atoms with Crippen LogP contribution in [0.1, 0.15) is 295 Å². The number of hydrogen-bond acceptors (Lipinski definition) is 8. The van der Waals surface area contributed by atoms with E-state index in [4.69, 9.17) is 28.4 Å². The molecule has 0 aliphatic heterocycles. The van der Waals surface area contributed by atoms with Crippen LogP contribution in [0.25, 0.3) is 24.3 Å². The van der Waals surface area contributed by atoms with Crippen molar-refractivity contribution in [3.8, 4) is 34.5 Å². The number of ether oxygens (including phenoxy) is 6. The molecule has 0 radical (unpaired) electrons. The molecule has 0 spiro atoms. The molecule has 0 N–H and O–H groups in total. The molecule has 4 rings (SSSR count). The van der Waals surface area contributed by atoms with Crippen LogP contribution in [0, 0.1) is 5.21 Å².